The van der Waals surface area contributed by atoms with Gasteiger partial charge in [-0.3, -0.25) is 24.3 Å². The molecule has 40 heavy (non-hydrogen) atoms. The summed E-state index contributed by atoms with van der Waals surface area (Å²) in [5.41, 5.74) is 0.790. The SMILES string of the molecule is CNC(=O)[C@@H](NC(=O)[C@H]1CN(C(=O)c2cn[nH]c2)CC12CN(C(=O)C1CC1(C)C)C2)[C@@H](C)OCc1ccccc1. The molecule has 11 heteroatoms. The van der Waals surface area contributed by atoms with E-state index in [4.69, 9.17) is 4.74 Å². The second kappa shape index (κ2) is 10.7. The second-order valence-corrected chi connectivity index (χ2v) is 12.1. The highest BCUT2D eigenvalue weighted by atomic mass is 16.5. The van der Waals surface area contributed by atoms with Gasteiger partial charge in [-0.1, -0.05) is 44.2 Å². The summed E-state index contributed by atoms with van der Waals surface area (Å²) in [7, 11) is 1.52. The summed E-state index contributed by atoms with van der Waals surface area (Å²) in [5.74, 6) is -1.39. The van der Waals surface area contributed by atoms with Crippen LogP contribution >= 0.6 is 0 Å². The third-order valence-electron chi connectivity index (χ3n) is 8.78. The molecule has 0 radical (unpaired) electrons. The van der Waals surface area contributed by atoms with Crippen molar-refractivity contribution in [3.05, 3.63) is 53.9 Å². The molecule has 214 valence electrons. The Morgan fingerprint density at radius 2 is 1.77 bits per heavy atom. The van der Waals surface area contributed by atoms with Gasteiger partial charge in [0.15, 0.2) is 0 Å². The predicted octanol–water partition coefficient (Wildman–Crippen LogP) is 1.19. The maximum absolute atomic E-state index is 13.8. The molecule has 4 amide bonds. The monoisotopic (exact) mass is 550 g/mol. The highest BCUT2D eigenvalue weighted by Gasteiger charge is 2.62. The first kappa shape index (κ1) is 27.8. The van der Waals surface area contributed by atoms with E-state index in [0.29, 0.717) is 31.8 Å². The van der Waals surface area contributed by atoms with E-state index in [1.807, 2.05) is 35.2 Å². The van der Waals surface area contributed by atoms with E-state index in [0.717, 1.165) is 12.0 Å². The van der Waals surface area contributed by atoms with Crippen molar-refractivity contribution in [1.82, 2.24) is 30.6 Å². The Labute approximate surface area is 234 Å². The first-order valence-corrected chi connectivity index (χ1v) is 13.8. The molecule has 3 heterocycles. The van der Waals surface area contributed by atoms with Gasteiger partial charge in [0.05, 0.1) is 30.4 Å². The zero-order valence-electron chi connectivity index (χ0n) is 23.5. The molecule has 2 aliphatic heterocycles. The fraction of sp³-hybridized carbons (Fsp3) is 0.552. The number of likely N-dealkylation sites (N-methyl/N-ethyl adjacent to an activating group) is 1. The zero-order valence-corrected chi connectivity index (χ0v) is 23.5. The van der Waals surface area contributed by atoms with Gasteiger partial charge in [-0.15, -0.1) is 0 Å². The fourth-order valence-corrected chi connectivity index (χ4v) is 6.04. The lowest BCUT2D eigenvalue weighted by atomic mass is 9.70. The third-order valence-corrected chi connectivity index (χ3v) is 8.78. The maximum atomic E-state index is 13.8. The normalized spacial score (nSPS) is 23.7. The minimum absolute atomic E-state index is 0.00226. The van der Waals surface area contributed by atoms with Crippen molar-refractivity contribution in [3.8, 4) is 0 Å². The second-order valence-electron chi connectivity index (χ2n) is 12.1. The van der Waals surface area contributed by atoms with Crippen LogP contribution in [0.4, 0.5) is 0 Å². The molecule has 1 aliphatic carbocycles. The summed E-state index contributed by atoms with van der Waals surface area (Å²) in [5, 5.41) is 12.1. The van der Waals surface area contributed by atoms with Gasteiger partial charge in [-0.05, 0) is 24.3 Å². The summed E-state index contributed by atoms with van der Waals surface area (Å²) in [6.45, 7) is 7.55. The van der Waals surface area contributed by atoms with E-state index in [1.54, 1.807) is 11.8 Å². The molecule has 2 saturated heterocycles. The van der Waals surface area contributed by atoms with Crippen molar-refractivity contribution in [2.24, 2.45) is 22.7 Å². The number of likely N-dealkylation sites (tertiary alicyclic amines) is 2. The van der Waals surface area contributed by atoms with Crippen LogP contribution in [0.2, 0.25) is 0 Å². The fourth-order valence-electron chi connectivity index (χ4n) is 6.04. The van der Waals surface area contributed by atoms with Gasteiger partial charge >= 0.3 is 0 Å². The molecule has 1 spiro atoms. The van der Waals surface area contributed by atoms with Crippen molar-refractivity contribution in [1.29, 1.82) is 0 Å². The average molecular weight is 551 g/mol. The van der Waals surface area contributed by atoms with Crippen molar-refractivity contribution in [2.75, 3.05) is 33.2 Å². The van der Waals surface area contributed by atoms with Crippen LogP contribution in [0.15, 0.2) is 42.7 Å². The lowest BCUT2D eigenvalue weighted by Gasteiger charge is -2.50. The summed E-state index contributed by atoms with van der Waals surface area (Å²) >= 11 is 0. The number of hydrogen-bond acceptors (Lipinski definition) is 6. The lowest BCUT2D eigenvalue weighted by Crippen LogP contribution is -2.65. The number of hydrogen-bond donors (Lipinski definition) is 3. The van der Waals surface area contributed by atoms with E-state index < -0.39 is 23.5 Å². The summed E-state index contributed by atoms with van der Waals surface area (Å²) in [4.78, 5) is 56.4. The predicted molar refractivity (Wildman–Crippen MR) is 146 cm³/mol. The van der Waals surface area contributed by atoms with Crippen LogP contribution in [0.25, 0.3) is 0 Å². The number of nitrogens with one attached hydrogen (secondary N) is 3. The number of carbonyl (C=O) groups is 4. The molecule has 11 nitrogen and oxygen atoms in total. The molecule has 1 aromatic heterocycles. The van der Waals surface area contributed by atoms with Gasteiger partial charge < -0.3 is 25.2 Å². The van der Waals surface area contributed by atoms with Gasteiger partial charge in [0.25, 0.3) is 5.91 Å². The Bertz CT molecular complexity index is 1260. The Kier molecular flexibility index (Phi) is 7.43. The van der Waals surface area contributed by atoms with E-state index in [2.05, 4.69) is 34.7 Å². The van der Waals surface area contributed by atoms with E-state index in [9.17, 15) is 19.2 Å². The zero-order chi connectivity index (χ0) is 28.7. The first-order chi connectivity index (χ1) is 19.0. The van der Waals surface area contributed by atoms with Crippen molar-refractivity contribution in [2.45, 2.75) is 45.9 Å². The number of benzene rings is 1. The quantitative estimate of drug-likeness (QED) is 0.429. The molecule has 3 aliphatic rings. The number of H-pyrrole nitrogens is 1. The molecule has 2 aromatic rings. The van der Waals surface area contributed by atoms with Crippen LogP contribution in [0, 0.1) is 22.7 Å². The van der Waals surface area contributed by atoms with Crippen molar-refractivity contribution in [3.63, 3.8) is 0 Å². The van der Waals surface area contributed by atoms with Gasteiger partial charge in [0, 0.05) is 50.8 Å². The Hall–Kier alpha value is -3.73. The first-order valence-electron chi connectivity index (χ1n) is 13.8. The van der Waals surface area contributed by atoms with Gasteiger partial charge in [0.1, 0.15) is 6.04 Å². The molecule has 1 saturated carbocycles. The molecule has 3 fully saturated rings. The smallest absolute Gasteiger partial charge is 0.257 e. The standard InChI is InChI=1S/C29H38N6O5/c1-18(40-14-19-8-6-5-7-9-19)23(25(37)30-4)33-24(36)22-13-34(26(38)20-11-31-32-12-20)15-29(22)16-35(17-29)27(39)21-10-28(21,2)3/h5-9,11-12,18,21-23H,10,13-17H2,1-4H3,(H,30,37)(H,31,32)(H,33,36)/t18-,21?,22-,23+/m1/s1. The average Bonchev–Trinajstić information content (AvgIpc) is 3.30. The van der Waals surface area contributed by atoms with E-state index in [1.165, 1.54) is 19.4 Å². The third kappa shape index (κ3) is 5.34. The van der Waals surface area contributed by atoms with Crippen molar-refractivity contribution >= 4 is 23.6 Å². The van der Waals surface area contributed by atoms with Gasteiger partial charge in [0.2, 0.25) is 17.7 Å². The maximum Gasteiger partial charge on any atom is 0.257 e. The van der Waals surface area contributed by atoms with Crippen LogP contribution in [-0.4, -0.2) is 89.0 Å². The highest BCUT2D eigenvalue weighted by Crippen LogP contribution is 2.54. The van der Waals surface area contributed by atoms with Crippen LogP contribution < -0.4 is 10.6 Å². The van der Waals surface area contributed by atoms with Gasteiger partial charge in [-0.2, -0.15) is 5.10 Å². The largest absolute Gasteiger partial charge is 0.371 e. The Balaban J connectivity index is 1.31. The highest BCUT2D eigenvalue weighted by molar-refractivity contribution is 5.95. The Morgan fingerprint density at radius 3 is 2.38 bits per heavy atom. The molecular weight excluding hydrogens is 512 g/mol. The summed E-state index contributed by atoms with van der Waals surface area (Å²) < 4.78 is 5.98. The summed E-state index contributed by atoms with van der Waals surface area (Å²) in [6.07, 6.45) is 3.24. The summed E-state index contributed by atoms with van der Waals surface area (Å²) in [6, 6.07) is 8.67. The van der Waals surface area contributed by atoms with Crippen LogP contribution in [-0.2, 0) is 25.7 Å². The molecule has 1 aromatic carbocycles. The molecule has 1 unspecified atom stereocenters. The molecule has 3 N–H and O–H groups in total. The van der Waals surface area contributed by atoms with Crippen LogP contribution in [0.5, 0.6) is 0 Å². The lowest BCUT2D eigenvalue weighted by molar-refractivity contribution is -0.152. The van der Waals surface area contributed by atoms with E-state index in [-0.39, 0.29) is 41.5 Å². The minimum Gasteiger partial charge on any atom is -0.371 e. The molecule has 4 atom stereocenters. The number of aromatic nitrogens is 2. The number of nitrogens with zero attached hydrogens (tertiary/aromatic N) is 3. The number of amides is 4. The topological polar surface area (TPSA) is 137 Å². The molecule has 0 bridgehead atoms. The van der Waals surface area contributed by atoms with Crippen molar-refractivity contribution < 1.29 is 23.9 Å². The van der Waals surface area contributed by atoms with Crippen LogP contribution in [0.1, 0.15) is 43.1 Å². The number of ether oxygens (including phenoxy) is 1. The number of rotatable bonds is 9. The Morgan fingerprint density at radius 1 is 1.10 bits per heavy atom. The molecular formula is C29H38N6O5. The van der Waals surface area contributed by atoms with Crippen LogP contribution in [0.3, 0.4) is 0 Å². The minimum atomic E-state index is -0.929. The van der Waals surface area contributed by atoms with Gasteiger partial charge in [-0.25, -0.2) is 0 Å². The number of aromatic amines is 1. The molecule has 5 rings (SSSR count). The number of carbonyl (C=O) groups excluding carboxylic acids is 4. The van der Waals surface area contributed by atoms with E-state index >= 15 is 0 Å².